The third-order valence-corrected chi connectivity index (χ3v) is 2.49. The molecule has 0 aliphatic carbocycles. The maximum absolute atomic E-state index is 11.7. The smallest absolute Gasteiger partial charge is 0.335 e. The first-order valence-corrected chi connectivity index (χ1v) is 6.80. The zero-order valence-electron chi connectivity index (χ0n) is 11.1. The lowest BCUT2D eigenvalue weighted by atomic mass is 10.2. The molecule has 1 amide bonds. The number of carbonyl (C=O) groups is 2. The van der Waals surface area contributed by atoms with Gasteiger partial charge in [-0.15, -0.1) is 0 Å². The van der Waals surface area contributed by atoms with Gasteiger partial charge in [0.1, 0.15) is 17.4 Å². The number of amides is 1. The molecular formula is C13H11N3O5S. The van der Waals surface area contributed by atoms with E-state index in [1.165, 1.54) is 24.3 Å². The molecule has 1 atom stereocenters. The van der Waals surface area contributed by atoms with Crippen molar-refractivity contribution in [3.05, 3.63) is 48.7 Å². The van der Waals surface area contributed by atoms with E-state index in [1.54, 1.807) is 6.07 Å². The minimum Gasteiger partial charge on any atom is -0.423 e. The van der Waals surface area contributed by atoms with Gasteiger partial charge in [0.15, 0.2) is 0 Å². The summed E-state index contributed by atoms with van der Waals surface area (Å²) < 4.78 is 25.7. The molecule has 0 bridgehead atoms. The van der Waals surface area contributed by atoms with Gasteiger partial charge in [0.2, 0.25) is 0 Å². The average molecular weight is 321 g/mol. The third kappa shape index (κ3) is 5.58. The van der Waals surface area contributed by atoms with Gasteiger partial charge in [-0.3, -0.25) is 14.1 Å². The molecule has 0 heterocycles. The highest BCUT2D eigenvalue weighted by Crippen LogP contribution is 2.16. The van der Waals surface area contributed by atoms with Crippen LogP contribution in [0.5, 0.6) is 5.75 Å². The summed E-state index contributed by atoms with van der Waals surface area (Å²) >= 11 is -2.37. The average Bonchev–Trinajstić information content (AvgIpc) is 2.49. The van der Waals surface area contributed by atoms with Crippen LogP contribution < -0.4 is 14.8 Å². The molecular weight excluding hydrogens is 310 g/mol. The van der Waals surface area contributed by atoms with Crippen LogP contribution in [0, 0.1) is 11.3 Å². The van der Waals surface area contributed by atoms with Gasteiger partial charge in [-0.25, -0.2) is 9.00 Å². The maximum Gasteiger partial charge on any atom is 0.335 e. The molecule has 0 aliphatic heterocycles. The number of nitrogens with zero attached hydrogens (tertiary/aromatic N) is 1. The highest BCUT2D eigenvalue weighted by Gasteiger charge is 2.10. The summed E-state index contributed by atoms with van der Waals surface area (Å²) in [5.41, 5.74) is -0.0424. The summed E-state index contributed by atoms with van der Waals surface area (Å²) in [6.07, 6.45) is 1.84. The fraction of sp³-hybridized carbons (Fsp3) is 0. The van der Waals surface area contributed by atoms with Gasteiger partial charge in [0.25, 0.3) is 17.2 Å². The van der Waals surface area contributed by atoms with Crippen LogP contribution in [-0.4, -0.2) is 20.6 Å². The molecule has 0 aromatic heterocycles. The van der Waals surface area contributed by atoms with E-state index in [-0.39, 0.29) is 11.3 Å². The van der Waals surface area contributed by atoms with Crippen molar-refractivity contribution in [3.8, 4) is 11.8 Å². The van der Waals surface area contributed by atoms with Crippen molar-refractivity contribution in [3.63, 3.8) is 0 Å². The summed E-state index contributed by atoms with van der Waals surface area (Å²) in [5.74, 6) is -1.12. The molecule has 0 radical (unpaired) electrons. The number of rotatable bonds is 6. The van der Waals surface area contributed by atoms with Crippen molar-refractivity contribution in [1.29, 1.82) is 5.26 Å². The number of carbonyl (C=O) groups excluding carboxylic acids is 2. The quantitative estimate of drug-likeness (QED) is 0.234. The maximum atomic E-state index is 11.7. The Balaban J connectivity index is 2.74. The lowest BCUT2D eigenvalue weighted by Crippen LogP contribution is -2.17. The van der Waals surface area contributed by atoms with Crippen LogP contribution in [0.1, 0.15) is 0 Å². The fourth-order valence-electron chi connectivity index (χ4n) is 1.22. The van der Waals surface area contributed by atoms with Crippen LogP contribution in [0.2, 0.25) is 0 Å². The van der Waals surface area contributed by atoms with E-state index < -0.39 is 23.1 Å². The molecule has 1 aromatic rings. The summed E-state index contributed by atoms with van der Waals surface area (Å²) in [6, 6.07) is 7.37. The Hall–Kier alpha value is -2.96. The highest BCUT2D eigenvalue weighted by atomic mass is 32.2. The van der Waals surface area contributed by atoms with E-state index >= 15 is 0 Å². The normalized spacial score (nSPS) is 11.7. The summed E-state index contributed by atoms with van der Waals surface area (Å²) in [6.45, 7) is 3.26. The Labute approximate surface area is 128 Å². The van der Waals surface area contributed by atoms with Crippen molar-refractivity contribution in [2.75, 3.05) is 5.32 Å². The molecule has 0 saturated heterocycles. The number of hydrogen-bond acceptors (Lipinski definition) is 5. The van der Waals surface area contributed by atoms with Gasteiger partial charge >= 0.3 is 5.97 Å². The van der Waals surface area contributed by atoms with Gasteiger partial charge in [-0.2, -0.15) is 5.26 Å². The van der Waals surface area contributed by atoms with Crippen molar-refractivity contribution in [1.82, 2.24) is 4.72 Å². The predicted octanol–water partition coefficient (Wildman–Crippen LogP) is 0.850. The van der Waals surface area contributed by atoms with E-state index in [0.29, 0.717) is 5.69 Å². The standard InChI is InChI=1S/C13H11N3O5S/c1-2-12(17)21-11-5-3-10(4-6-11)16-13(18)9(7-14)8-15-22(19)20/h2-6,8,15H,1H2,(H,16,18)(H,19,20). The Bertz CT molecular complexity index is 676. The van der Waals surface area contributed by atoms with Crippen molar-refractivity contribution < 1.29 is 23.1 Å². The zero-order chi connectivity index (χ0) is 16.5. The third-order valence-electron chi connectivity index (χ3n) is 2.17. The molecule has 22 heavy (non-hydrogen) atoms. The largest absolute Gasteiger partial charge is 0.423 e. The number of benzene rings is 1. The number of hydrogen-bond donors (Lipinski definition) is 3. The molecule has 1 rings (SSSR count). The van der Waals surface area contributed by atoms with Crippen LogP contribution in [0.3, 0.4) is 0 Å². The van der Waals surface area contributed by atoms with Crippen LogP contribution in [0.25, 0.3) is 0 Å². The molecule has 0 aliphatic rings. The molecule has 0 spiro atoms. The Kier molecular flexibility index (Phi) is 6.49. The number of nitrogens with one attached hydrogen (secondary N) is 2. The molecule has 0 fully saturated rings. The lowest BCUT2D eigenvalue weighted by molar-refractivity contribution is -0.129. The van der Waals surface area contributed by atoms with Gasteiger partial charge < -0.3 is 10.1 Å². The molecule has 3 N–H and O–H groups in total. The zero-order valence-corrected chi connectivity index (χ0v) is 11.9. The van der Waals surface area contributed by atoms with E-state index in [9.17, 15) is 13.8 Å². The molecule has 1 unspecified atom stereocenters. The molecule has 1 aromatic carbocycles. The second-order valence-corrected chi connectivity index (χ2v) is 4.37. The van der Waals surface area contributed by atoms with Gasteiger partial charge in [-0.1, -0.05) is 6.58 Å². The number of anilines is 1. The van der Waals surface area contributed by atoms with E-state index in [1.807, 2.05) is 4.72 Å². The van der Waals surface area contributed by atoms with Gasteiger partial charge in [0.05, 0.1) is 0 Å². The first-order chi connectivity index (χ1) is 10.5. The summed E-state index contributed by atoms with van der Waals surface area (Å²) in [7, 11) is 0. The Morgan fingerprint density at radius 1 is 1.36 bits per heavy atom. The first-order valence-electron chi connectivity index (χ1n) is 5.69. The number of ether oxygens (including phenoxy) is 1. The van der Waals surface area contributed by atoms with Crippen LogP contribution in [0.4, 0.5) is 5.69 Å². The summed E-state index contributed by atoms with van der Waals surface area (Å²) in [4.78, 5) is 22.7. The minimum atomic E-state index is -2.37. The van der Waals surface area contributed by atoms with Crippen molar-refractivity contribution in [2.24, 2.45) is 0 Å². The second-order valence-electron chi connectivity index (χ2n) is 3.64. The number of nitriles is 1. The number of esters is 1. The van der Waals surface area contributed by atoms with Crippen LogP contribution in [-0.2, 0) is 20.9 Å². The van der Waals surface area contributed by atoms with E-state index in [2.05, 4.69) is 11.9 Å². The highest BCUT2D eigenvalue weighted by molar-refractivity contribution is 7.77. The SMILES string of the molecule is C=CC(=O)Oc1ccc(NC(=O)C(C#N)=CNS(=O)O)cc1. The lowest BCUT2D eigenvalue weighted by Gasteiger charge is -2.06. The Morgan fingerprint density at radius 3 is 2.50 bits per heavy atom. The van der Waals surface area contributed by atoms with Crippen LogP contribution >= 0.6 is 0 Å². The molecule has 9 heteroatoms. The monoisotopic (exact) mass is 321 g/mol. The van der Waals surface area contributed by atoms with Gasteiger partial charge in [-0.05, 0) is 24.3 Å². The molecule has 114 valence electrons. The van der Waals surface area contributed by atoms with Crippen molar-refractivity contribution in [2.45, 2.75) is 0 Å². The first kappa shape index (κ1) is 17.1. The van der Waals surface area contributed by atoms with Gasteiger partial charge in [0, 0.05) is 18.0 Å². The fourth-order valence-corrected chi connectivity index (χ4v) is 1.44. The second kappa shape index (κ2) is 8.35. The van der Waals surface area contributed by atoms with Crippen LogP contribution in [0.15, 0.2) is 48.7 Å². The topological polar surface area (TPSA) is 129 Å². The predicted molar refractivity (Wildman–Crippen MR) is 78.5 cm³/mol. The van der Waals surface area contributed by atoms with Crippen molar-refractivity contribution >= 4 is 28.8 Å². The summed E-state index contributed by atoms with van der Waals surface area (Å²) in [5, 5.41) is 11.2. The molecule has 0 saturated carbocycles. The Morgan fingerprint density at radius 2 is 2.00 bits per heavy atom. The van der Waals surface area contributed by atoms with E-state index in [0.717, 1.165) is 12.3 Å². The minimum absolute atomic E-state index is 0.260. The van der Waals surface area contributed by atoms with E-state index in [4.69, 9.17) is 14.6 Å². The molecule has 8 nitrogen and oxygen atoms in total.